The number of rotatable bonds is 3. The Morgan fingerprint density at radius 1 is 1.15 bits per heavy atom. The molecule has 0 radical (unpaired) electrons. The smallest absolute Gasteiger partial charge is 0.234 e. The Morgan fingerprint density at radius 2 is 1.80 bits per heavy atom. The Kier molecular flexibility index (Phi) is 4.32. The van der Waals surface area contributed by atoms with Gasteiger partial charge < -0.3 is 10.4 Å². The third-order valence-corrected chi connectivity index (χ3v) is 5.64. The highest BCUT2D eigenvalue weighted by atomic mass is 16.3. The number of nitrogens with zero attached hydrogens (tertiary/aromatic N) is 1. The molecule has 2 heterocycles. The van der Waals surface area contributed by atoms with Gasteiger partial charge in [0.1, 0.15) is 0 Å². The fraction of sp³-hybridized carbons (Fsp3) is 0.938. The average molecular weight is 280 g/mol. The third-order valence-electron chi connectivity index (χ3n) is 5.64. The van der Waals surface area contributed by atoms with Crippen LogP contribution in [0.25, 0.3) is 0 Å². The van der Waals surface area contributed by atoms with Gasteiger partial charge in [-0.2, -0.15) is 0 Å². The lowest BCUT2D eigenvalue weighted by atomic mass is 9.86. The maximum Gasteiger partial charge on any atom is 0.234 e. The lowest BCUT2D eigenvalue weighted by Gasteiger charge is -2.37. The Hall–Kier alpha value is -0.610. The molecule has 2 N–H and O–H groups in total. The minimum Gasteiger partial charge on any atom is -0.393 e. The fourth-order valence-electron chi connectivity index (χ4n) is 4.45. The van der Waals surface area contributed by atoms with Gasteiger partial charge in [-0.05, 0) is 44.4 Å². The molecule has 20 heavy (non-hydrogen) atoms. The summed E-state index contributed by atoms with van der Waals surface area (Å²) >= 11 is 0. The number of amides is 1. The SMILES string of the molecule is CC1CCCCC1NC(=O)CN1C2CCC1CC(O)C2. The predicted molar refractivity (Wildman–Crippen MR) is 78.3 cm³/mol. The number of piperidine rings is 1. The molecule has 4 unspecified atom stereocenters. The molecule has 2 saturated heterocycles. The predicted octanol–water partition coefficient (Wildman–Crippen LogP) is 1.67. The van der Waals surface area contributed by atoms with Crippen molar-refractivity contribution in [2.24, 2.45) is 5.92 Å². The Bertz CT molecular complexity index is 346. The van der Waals surface area contributed by atoms with Crippen LogP contribution in [-0.4, -0.2) is 46.7 Å². The molecule has 2 aliphatic heterocycles. The van der Waals surface area contributed by atoms with E-state index in [9.17, 15) is 9.90 Å². The maximum atomic E-state index is 12.3. The highest BCUT2D eigenvalue weighted by Crippen LogP contribution is 2.35. The lowest BCUT2D eigenvalue weighted by molar-refractivity contribution is -0.125. The minimum absolute atomic E-state index is 0.148. The molecule has 114 valence electrons. The van der Waals surface area contributed by atoms with Crippen molar-refractivity contribution < 1.29 is 9.90 Å². The van der Waals surface area contributed by atoms with Gasteiger partial charge in [0.05, 0.1) is 12.6 Å². The van der Waals surface area contributed by atoms with E-state index in [0.29, 0.717) is 30.6 Å². The van der Waals surface area contributed by atoms with Gasteiger partial charge in [0.15, 0.2) is 0 Å². The van der Waals surface area contributed by atoms with Gasteiger partial charge >= 0.3 is 0 Å². The van der Waals surface area contributed by atoms with Crippen molar-refractivity contribution in [1.29, 1.82) is 0 Å². The van der Waals surface area contributed by atoms with Gasteiger partial charge in [0.25, 0.3) is 0 Å². The zero-order valence-corrected chi connectivity index (χ0v) is 12.6. The van der Waals surface area contributed by atoms with Gasteiger partial charge in [0, 0.05) is 18.1 Å². The summed E-state index contributed by atoms with van der Waals surface area (Å²) in [7, 11) is 0. The Balaban J connectivity index is 1.52. The molecular formula is C16H28N2O2. The second-order valence-corrected chi connectivity index (χ2v) is 7.12. The van der Waals surface area contributed by atoms with Gasteiger partial charge in [-0.3, -0.25) is 9.69 Å². The third kappa shape index (κ3) is 3.01. The first kappa shape index (κ1) is 14.3. The number of hydrogen-bond donors (Lipinski definition) is 2. The van der Waals surface area contributed by atoms with Crippen LogP contribution in [0, 0.1) is 5.92 Å². The van der Waals surface area contributed by atoms with E-state index in [1.807, 2.05) is 0 Å². The summed E-state index contributed by atoms with van der Waals surface area (Å²) in [5.41, 5.74) is 0. The first-order valence-corrected chi connectivity index (χ1v) is 8.36. The van der Waals surface area contributed by atoms with Crippen LogP contribution in [0.1, 0.15) is 58.3 Å². The summed E-state index contributed by atoms with van der Waals surface area (Å²) in [6, 6.07) is 1.24. The van der Waals surface area contributed by atoms with Gasteiger partial charge in [-0.25, -0.2) is 0 Å². The highest BCUT2D eigenvalue weighted by molar-refractivity contribution is 5.78. The van der Waals surface area contributed by atoms with Crippen LogP contribution in [0.3, 0.4) is 0 Å². The van der Waals surface area contributed by atoms with Gasteiger partial charge in [0.2, 0.25) is 5.91 Å². The zero-order chi connectivity index (χ0) is 14.1. The molecule has 4 atom stereocenters. The number of carbonyl (C=O) groups is 1. The molecule has 0 aromatic heterocycles. The molecular weight excluding hydrogens is 252 g/mol. The number of carbonyl (C=O) groups excluding carboxylic acids is 1. The molecule has 0 aromatic rings. The summed E-state index contributed by atoms with van der Waals surface area (Å²) in [6.07, 6.45) is 8.78. The zero-order valence-electron chi connectivity index (χ0n) is 12.6. The van der Waals surface area contributed by atoms with E-state index < -0.39 is 0 Å². The van der Waals surface area contributed by atoms with E-state index in [1.54, 1.807) is 0 Å². The Labute approximate surface area is 121 Å². The summed E-state index contributed by atoms with van der Waals surface area (Å²) < 4.78 is 0. The quantitative estimate of drug-likeness (QED) is 0.827. The van der Waals surface area contributed by atoms with Gasteiger partial charge in [-0.15, -0.1) is 0 Å². The van der Waals surface area contributed by atoms with Crippen molar-refractivity contribution in [3.8, 4) is 0 Å². The first-order chi connectivity index (χ1) is 9.63. The number of aliphatic hydroxyl groups is 1. The van der Waals surface area contributed by atoms with E-state index in [2.05, 4.69) is 17.1 Å². The standard InChI is InChI=1S/C16H28N2O2/c1-11-4-2-3-5-15(11)17-16(20)10-18-12-6-7-13(18)9-14(19)8-12/h11-15,19H,2-10H2,1H3,(H,17,20). The second-order valence-electron chi connectivity index (χ2n) is 7.12. The number of aliphatic hydroxyl groups excluding tert-OH is 1. The van der Waals surface area contributed by atoms with Gasteiger partial charge in [-0.1, -0.05) is 19.8 Å². The van der Waals surface area contributed by atoms with E-state index >= 15 is 0 Å². The van der Waals surface area contributed by atoms with Crippen LogP contribution in [0.4, 0.5) is 0 Å². The number of fused-ring (bicyclic) bond motifs is 2. The van der Waals surface area contributed by atoms with Crippen molar-refractivity contribution in [2.45, 2.75) is 82.5 Å². The van der Waals surface area contributed by atoms with Crippen LogP contribution in [0.15, 0.2) is 0 Å². The second kappa shape index (κ2) is 6.02. The molecule has 3 fully saturated rings. The highest BCUT2D eigenvalue weighted by Gasteiger charge is 2.41. The lowest BCUT2D eigenvalue weighted by Crippen LogP contribution is -2.51. The van der Waals surface area contributed by atoms with Crippen molar-refractivity contribution in [1.82, 2.24) is 10.2 Å². The molecule has 4 heteroatoms. The number of hydrogen-bond acceptors (Lipinski definition) is 3. The first-order valence-electron chi connectivity index (χ1n) is 8.36. The molecule has 3 aliphatic rings. The summed E-state index contributed by atoms with van der Waals surface area (Å²) in [4.78, 5) is 14.7. The molecule has 0 spiro atoms. The molecule has 0 aromatic carbocycles. The van der Waals surface area contributed by atoms with E-state index in [-0.39, 0.29) is 12.0 Å². The normalized spacial score (nSPS) is 41.6. The molecule has 4 nitrogen and oxygen atoms in total. The fourth-order valence-corrected chi connectivity index (χ4v) is 4.45. The van der Waals surface area contributed by atoms with Crippen molar-refractivity contribution in [3.63, 3.8) is 0 Å². The van der Waals surface area contributed by atoms with Crippen molar-refractivity contribution in [2.75, 3.05) is 6.54 Å². The summed E-state index contributed by atoms with van der Waals surface area (Å²) in [6.45, 7) is 2.79. The molecule has 2 bridgehead atoms. The summed E-state index contributed by atoms with van der Waals surface area (Å²) in [5.74, 6) is 0.810. The van der Waals surface area contributed by atoms with Crippen LogP contribution in [0.2, 0.25) is 0 Å². The minimum atomic E-state index is -0.148. The van der Waals surface area contributed by atoms with Crippen molar-refractivity contribution in [3.05, 3.63) is 0 Å². The van der Waals surface area contributed by atoms with Crippen LogP contribution < -0.4 is 5.32 Å². The number of nitrogens with one attached hydrogen (secondary N) is 1. The average Bonchev–Trinajstić information content (AvgIpc) is 2.65. The van der Waals surface area contributed by atoms with Crippen LogP contribution in [-0.2, 0) is 4.79 Å². The van der Waals surface area contributed by atoms with Crippen molar-refractivity contribution >= 4 is 5.91 Å². The largest absolute Gasteiger partial charge is 0.393 e. The monoisotopic (exact) mass is 280 g/mol. The van der Waals surface area contributed by atoms with E-state index in [1.165, 1.54) is 19.3 Å². The van der Waals surface area contributed by atoms with Crippen LogP contribution in [0.5, 0.6) is 0 Å². The molecule has 3 rings (SSSR count). The summed E-state index contributed by atoms with van der Waals surface area (Å²) in [5, 5.41) is 13.1. The van der Waals surface area contributed by atoms with Crippen LogP contribution >= 0.6 is 0 Å². The maximum absolute atomic E-state index is 12.3. The topological polar surface area (TPSA) is 52.6 Å². The molecule has 1 amide bonds. The van der Waals surface area contributed by atoms with E-state index in [4.69, 9.17) is 0 Å². The van der Waals surface area contributed by atoms with E-state index in [0.717, 1.165) is 32.1 Å². The molecule has 1 saturated carbocycles. The molecule has 1 aliphatic carbocycles. The Morgan fingerprint density at radius 3 is 2.45 bits per heavy atom.